The number of benzene rings is 1. The molecule has 1 aromatic heterocycles. The minimum Gasteiger partial charge on any atom is -0.378 e. The molecule has 0 unspecified atom stereocenters. The number of hydrogen-bond acceptors (Lipinski definition) is 6. The fourth-order valence-corrected chi connectivity index (χ4v) is 4.68. The second-order valence-corrected chi connectivity index (χ2v) is 8.36. The summed E-state index contributed by atoms with van der Waals surface area (Å²) in [7, 11) is 0. The number of piperidine rings is 1. The van der Waals surface area contributed by atoms with E-state index < -0.39 is 0 Å². The van der Waals surface area contributed by atoms with Crippen LogP contribution in [0.25, 0.3) is 5.69 Å². The van der Waals surface area contributed by atoms with E-state index in [1.165, 1.54) is 30.3 Å². The number of ether oxygens (including phenoxy) is 1. The Morgan fingerprint density at radius 2 is 2.07 bits per heavy atom. The lowest BCUT2D eigenvalue weighted by atomic mass is 10.0. The molecule has 2 aliphatic rings. The molecule has 0 aliphatic carbocycles. The molecule has 2 aliphatic heterocycles. The second kappa shape index (κ2) is 9.13. The summed E-state index contributed by atoms with van der Waals surface area (Å²) < 4.78 is 21.2. The molecule has 1 aromatic carbocycles. The molecule has 0 saturated carbocycles. The monoisotopic (exact) mass is 419 g/mol. The van der Waals surface area contributed by atoms with Gasteiger partial charge in [0.05, 0.1) is 24.7 Å². The van der Waals surface area contributed by atoms with Gasteiger partial charge in [-0.3, -0.25) is 9.36 Å². The van der Waals surface area contributed by atoms with Crippen molar-refractivity contribution < 1.29 is 13.9 Å². The summed E-state index contributed by atoms with van der Waals surface area (Å²) in [5.41, 5.74) is 0.651. The molecule has 1 atom stereocenters. The number of halogens is 1. The van der Waals surface area contributed by atoms with Crippen LogP contribution >= 0.6 is 11.8 Å². The number of morpholine rings is 1. The number of likely N-dealkylation sites (tertiary alicyclic amines) is 1. The first kappa shape index (κ1) is 20.2. The van der Waals surface area contributed by atoms with Crippen molar-refractivity contribution in [3.63, 3.8) is 0 Å². The third-order valence-electron chi connectivity index (χ3n) is 5.42. The van der Waals surface area contributed by atoms with Crippen LogP contribution in [0.3, 0.4) is 0 Å². The first-order valence-electron chi connectivity index (χ1n) is 10.1. The molecule has 0 spiro atoms. The largest absolute Gasteiger partial charge is 0.378 e. The summed E-state index contributed by atoms with van der Waals surface area (Å²) in [6.45, 7) is 5.54. The number of carbonyl (C=O) groups is 1. The Morgan fingerprint density at radius 3 is 2.83 bits per heavy atom. The highest BCUT2D eigenvalue weighted by Gasteiger charge is 2.26. The van der Waals surface area contributed by atoms with Crippen LogP contribution in [0.2, 0.25) is 0 Å². The zero-order valence-corrected chi connectivity index (χ0v) is 17.4. The van der Waals surface area contributed by atoms with Crippen LogP contribution in [0, 0.1) is 5.82 Å². The minimum atomic E-state index is -0.321. The Morgan fingerprint density at radius 1 is 1.24 bits per heavy atom. The molecule has 4 rings (SSSR count). The third kappa shape index (κ3) is 4.56. The Hall–Kier alpha value is -2.13. The van der Waals surface area contributed by atoms with Crippen LogP contribution < -0.4 is 4.90 Å². The van der Waals surface area contributed by atoms with Gasteiger partial charge in [0.1, 0.15) is 5.82 Å². The lowest BCUT2D eigenvalue weighted by Gasteiger charge is -2.33. The first-order chi connectivity index (χ1) is 14.1. The predicted octanol–water partition coefficient (Wildman–Crippen LogP) is 2.74. The van der Waals surface area contributed by atoms with Crippen molar-refractivity contribution in [1.82, 2.24) is 19.7 Å². The van der Waals surface area contributed by atoms with Gasteiger partial charge in [-0.25, -0.2) is 4.39 Å². The molecule has 1 amide bonds. The number of aromatic nitrogens is 3. The van der Waals surface area contributed by atoms with Crippen molar-refractivity contribution in [3.05, 3.63) is 30.1 Å². The molecule has 0 N–H and O–H groups in total. The van der Waals surface area contributed by atoms with Crippen LogP contribution in [0.5, 0.6) is 0 Å². The van der Waals surface area contributed by atoms with Gasteiger partial charge in [-0.1, -0.05) is 17.8 Å². The topological polar surface area (TPSA) is 63.5 Å². The summed E-state index contributed by atoms with van der Waals surface area (Å²) in [4.78, 5) is 16.8. The summed E-state index contributed by atoms with van der Waals surface area (Å²) in [5.74, 6) is 0.739. The Balaban J connectivity index is 1.57. The molecule has 156 valence electrons. The highest BCUT2D eigenvalue weighted by atomic mass is 32.2. The van der Waals surface area contributed by atoms with E-state index in [9.17, 15) is 9.18 Å². The van der Waals surface area contributed by atoms with E-state index in [4.69, 9.17) is 4.74 Å². The van der Waals surface area contributed by atoms with Gasteiger partial charge in [-0.15, -0.1) is 10.2 Å². The third-order valence-corrected chi connectivity index (χ3v) is 6.34. The van der Waals surface area contributed by atoms with Gasteiger partial charge >= 0.3 is 0 Å². The molecule has 9 heteroatoms. The SMILES string of the molecule is C[C@@H]1CCCCN1C(=O)CSc1nnc(N2CCOCC2)n1-c1cccc(F)c1. The first-order valence-corrected chi connectivity index (χ1v) is 11.1. The standard InChI is InChI=1S/C20H26FN5O2S/c1-15-5-2-3-8-25(15)18(27)14-29-20-23-22-19(24-9-11-28-12-10-24)26(20)17-7-4-6-16(21)13-17/h4,6-7,13,15H,2-3,5,8-12,14H2,1H3/t15-/m1/s1. The number of hydrogen-bond donors (Lipinski definition) is 0. The van der Waals surface area contributed by atoms with Gasteiger partial charge in [0.15, 0.2) is 5.16 Å². The van der Waals surface area contributed by atoms with Crippen molar-refractivity contribution in [1.29, 1.82) is 0 Å². The van der Waals surface area contributed by atoms with Crippen LogP contribution in [0.1, 0.15) is 26.2 Å². The van der Waals surface area contributed by atoms with Crippen molar-refractivity contribution in [2.75, 3.05) is 43.5 Å². The van der Waals surface area contributed by atoms with Gasteiger partial charge in [0.25, 0.3) is 0 Å². The van der Waals surface area contributed by atoms with Crippen LogP contribution in [0.4, 0.5) is 10.3 Å². The highest BCUT2D eigenvalue weighted by Crippen LogP contribution is 2.28. The molecular formula is C20H26FN5O2S. The lowest BCUT2D eigenvalue weighted by Crippen LogP contribution is -2.43. The number of carbonyl (C=O) groups excluding carboxylic acids is 1. The second-order valence-electron chi connectivity index (χ2n) is 7.42. The van der Waals surface area contributed by atoms with E-state index in [1.54, 1.807) is 6.07 Å². The normalized spacial score (nSPS) is 20.1. The molecule has 2 aromatic rings. The van der Waals surface area contributed by atoms with Crippen molar-refractivity contribution >= 4 is 23.6 Å². The average Bonchev–Trinajstić information content (AvgIpc) is 3.17. The van der Waals surface area contributed by atoms with Gasteiger partial charge in [0, 0.05) is 25.7 Å². The molecule has 0 radical (unpaired) electrons. The molecule has 29 heavy (non-hydrogen) atoms. The summed E-state index contributed by atoms with van der Waals surface area (Å²) >= 11 is 1.35. The van der Waals surface area contributed by atoms with Crippen molar-refractivity contribution in [2.45, 2.75) is 37.4 Å². The van der Waals surface area contributed by atoms with Crippen LogP contribution in [-0.2, 0) is 9.53 Å². The summed E-state index contributed by atoms with van der Waals surface area (Å²) in [6.07, 6.45) is 3.29. The van der Waals surface area contributed by atoms with E-state index in [0.29, 0.717) is 48.8 Å². The summed E-state index contributed by atoms with van der Waals surface area (Å²) in [5, 5.41) is 9.29. The minimum absolute atomic E-state index is 0.115. The van der Waals surface area contributed by atoms with E-state index in [0.717, 1.165) is 19.4 Å². The average molecular weight is 420 g/mol. The fraction of sp³-hybridized carbons (Fsp3) is 0.550. The van der Waals surface area contributed by atoms with E-state index >= 15 is 0 Å². The number of anilines is 1. The lowest BCUT2D eigenvalue weighted by molar-refractivity contribution is -0.131. The molecule has 2 saturated heterocycles. The highest BCUT2D eigenvalue weighted by molar-refractivity contribution is 7.99. The van der Waals surface area contributed by atoms with Crippen molar-refractivity contribution in [3.8, 4) is 5.69 Å². The van der Waals surface area contributed by atoms with Crippen LogP contribution in [-0.4, -0.2) is 70.2 Å². The van der Waals surface area contributed by atoms with E-state index in [-0.39, 0.29) is 17.8 Å². The maximum absolute atomic E-state index is 13.9. The maximum Gasteiger partial charge on any atom is 0.233 e. The maximum atomic E-state index is 13.9. The molecule has 7 nitrogen and oxygen atoms in total. The Bertz CT molecular complexity index is 855. The molecule has 2 fully saturated rings. The van der Waals surface area contributed by atoms with Gasteiger partial charge in [-0.2, -0.15) is 0 Å². The number of thioether (sulfide) groups is 1. The predicted molar refractivity (Wildman–Crippen MR) is 110 cm³/mol. The zero-order chi connectivity index (χ0) is 20.2. The number of nitrogens with zero attached hydrogens (tertiary/aromatic N) is 5. The van der Waals surface area contributed by atoms with E-state index in [1.807, 2.05) is 15.5 Å². The Kier molecular flexibility index (Phi) is 6.34. The van der Waals surface area contributed by atoms with Gasteiger partial charge < -0.3 is 14.5 Å². The Labute approximate surface area is 174 Å². The molecular weight excluding hydrogens is 393 g/mol. The zero-order valence-electron chi connectivity index (χ0n) is 16.6. The smallest absolute Gasteiger partial charge is 0.233 e. The van der Waals surface area contributed by atoms with Crippen molar-refractivity contribution in [2.24, 2.45) is 0 Å². The number of rotatable bonds is 5. The van der Waals surface area contributed by atoms with Gasteiger partial charge in [0.2, 0.25) is 11.9 Å². The quantitative estimate of drug-likeness (QED) is 0.695. The fourth-order valence-electron chi connectivity index (χ4n) is 3.84. The van der Waals surface area contributed by atoms with Gasteiger partial charge in [-0.05, 0) is 44.4 Å². The number of amides is 1. The molecule has 3 heterocycles. The molecule has 0 bridgehead atoms. The summed E-state index contributed by atoms with van der Waals surface area (Å²) in [6, 6.07) is 6.65. The van der Waals surface area contributed by atoms with Crippen LogP contribution in [0.15, 0.2) is 29.4 Å². The van der Waals surface area contributed by atoms with E-state index in [2.05, 4.69) is 22.0 Å².